The van der Waals surface area contributed by atoms with Gasteiger partial charge in [0.2, 0.25) is 5.91 Å². The Morgan fingerprint density at radius 2 is 1.95 bits per heavy atom. The molecule has 2 rings (SSSR count). The second-order valence-electron chi connectivity index (χ2n) is 4.82. The summed E-state index contributed by atoms with van der Waals surface area (Å²) >= 11 is 11.8. The third-order valence-electron chi connectivity index (χ3n) is 3.19. The molecule has 110 valence electrons. The van der Waals surface area contributed by atoms with E-state index in [1.165, 1.54) is 0 Å². The molecule has 1 amide bonds. The van der Waals surface area contributed by atoms with Crippen LogP contribution in [-0.2, 0) is 4.79 Å². The number of β-amino-alcohol motifs (C(OH)–C–C–N with tert-alkyl or cyclic N) is 2. The van der Waals surface area contributed by atoms with Crippen LogP contribution >= 0.6 is 23.2 Å². The van der Waals surface area contributed by atoms with Gasteiger partial charge in [-0.15, -0.1) is 0 Å². The fraction of sp³-hybridized carbons (Fsp3) is 0.462. The monoisotopic (exact) mass is 318 g/mol. The molecule has 1 aromatic carbocycles. The highest BCUT2D eigenvalue weighted by Crippen LogP contribution is 2.25. The van der Waals surface area contributed by atoms with Crippen molar-refractivity contribution in [3.63, 3.8) is 0 Å². The number of nitrogens with one attached hydrogen (secondary N) is 1. The lowest BCUT2D eigenvalue weighted by molar-refractivity contribution is -0.116. The lowest BCUT2D eigenvalue weighted by Crippen LogP contribution is -2.27. The number of hydrogen-bond acceptors (Lipinski definition) is 4. The molecule has 1 fully saturated rings. The van der Waals surface area contributed by atoms with Gasteiger partial charge in [0.25, 0.3) is 0 Å². The Morgan fingerprint density at radius 1 is 1.30 bits per heavy atom. The molecule has 2 atom stereocenters. The number of aliphatic hydroxyl groups is 2. The van der Waals surface area contributed by atoms with Crippen molar-refractivity contribution in [3.8, 4) is 0 Å². The number of anilines is 1. The number of nitrogens with zero attached hydrogens (tertiary/aromatic N) is 1. The molecule has 1 aliphatic rings. The summed E-state index contributed by atoms with van der Waals surface area (Å²) in [6, 6.07) is 4.85. The molecular weight excluding hydrogens is 303 g/mol. The zero-order valence-corrected chi connectivity index (χ0v) is 12.2. The average molecular weight is 319 g/mol. The lowest BCUT2D eigenvalue weighted by Gasteiger charge is -2.14. The highest BCUT2D eigenvalue weighted by molar-refractivity contribution is 6.35. The summed E-state index contributed by atoms with van der Waals surface area (Å²) in [7, 11) is 0. The molecule has 1 heterocycles. The van der Waals surface area contributed by atoms with Gasteiger partial charge in [0.05, 0.1) is 22.9 Å². The van der Waals surface area contributed by atoms with Crippen LogP contribution in [0, 0.1) is 0 Å². The zero-order valence-electron chi connectivity index (χ0n) is 10.7. The third kappa shape index (κ3) is 4.07. The summed E-state index contributed by atoms with van der Waals surface area (Å²) in [6.45, 7) is 1.23. The molecule has 5 nitrogen and oxygen atoms in total. The SMILES string of the molecule is O=C(CCN1CC(O)C(O)C1)Nc1cc(Cl)ccc1Cl. The minimum atomic E-state index is -0.736. The maximum absolute atomic E-state index is 11.8. The van der Waals surface area contributed by atoms with Crippen molar-refractivity contribution in [2.75, 3.05) is 25.0 Å². The minimum Gasteiger partial charge on any atom is -0.389 e. The fourth-order valence-electron chi connectivity index (χ4n) is 2.10. The molecule has 1 aromatic rings. The first-order chi connectivity index (χ1) is 9.45. The van der Waals surface area contributed by atoms with Gasteiger partial charge >= 0.3 is 0 Å². The van der Waals surface area contributed by atoms with E-state index in [0.29, 0.717) is 35.4 Å². The Balaban J connectivity index is 1.82. The molecule has 1 saturated heterocycles. The van der Waals surface area contributed by atoms with Gasteiger partial charge in [0.1, 0.15) is 0 Å². The normalized spacial score (nSPS) is 23.0. The van der Waals surface area contributed by atoms with Crippen LogP contribution in [0.25, 0.3) is 0 Å². The summed E-state index contributed by atoms with van der Waals surface area (Å²) in [6.07, 6.45) is -1.22. The summed E-state index contributed by atoms with van der Waals surface area (Å²) in [4.78, 5) is 13.7. The average Bonchev–Trinajstić information content (AvgIpc) is 2.71. The predicted molar refractivity (Wildman–Crippen MR) is 78.2 cm³/mol. The second-order valence-corrected chi connectivity index (χ2v) is 5.66. The highest BCUT2D eigenvalue weighted by atomic mass is 35.5. The van der Waals surface area contributed by atoms with Gasteiger partial charge in [0, 0.05) is 31.1 Å². The van der Waals surface area contributed by atoms with Crippen molar-refractivity contribution in [2.24, 2.45) is 0 Å². The summed E-state index contributed by atoms with van der Waals surface area (Å²) in [5.41, 5.74) is 0.477. The van der Waals surface area contributed by atoms with Gasteiger partial charge < -0.3 is 15.5 Å². The Labute approximate surface area is 127 Å². The van der Waals surface area contributed by atoms with Crippen molar-refractivity contribution < 1.29 is 15.0 Å². The van der Waals surface area contributed by atoms with E-state index in [-0.39, 0.29) is 12.3 Å². The van der Waals surface area contributed by atoms with Crippen LogP contribution in [0.3, 0.4) is 0 Å². The third-order valence-corrected chi connectivity index (χ3v) is 3.76. The summed E-state index contributed by atoms with van der Waals surface area (Å²) in [5, 5.41) is 22.4. The first kappa shape index (κ1) is 15.5. The molecule has 3 N–H and O–H groups in total. The first-order valence-corrected chi connectivity index (χ1v) is 7.04. The second kappa shape index (κ2) is 6.74. The van der Waals surface area contributed by atoms with Crippen LogP contribution in [0.1, 0.15) is 6.42 Å². The number of aliphatic hydroxyl groups excluding tert-OH is 2. The van der Waals surface area contributed by atoms with Crippen LogP contribution < -0.4 is 5.32 Å². The molecule has 0 aliphatic carbocycles. The van der Waals surface area contributed by atoms with Gasteiger partial charge in [-0.25, -0.2) is 0 Å². The molecule has 0 bridgehead atoms. The summed E-state index contributed by atoms with van der Waals surface area (Å²) < 4.78 is 0. The number of carbonyl (C=O) groups excluding carboxylic acids is 1. The van der Waals surface area contributed by atoms with E-state index in [2.05, 4.69) is 5.32 Å². The molecule has 1 aliphatic heterocycles. The molecule has 0 saturated carbocycles. The molecule has 20 heavy (non-hydrogen) atoms. The predicted octanol–water partition coefficient (Wildman–Crippen LogP) is 1.36. The number of benzene rings is 1. The Morgan fingerprint density at radius 3 is 2.60 bits per heavy atom. The van der Waals surface area contributed by atoms with E-state index in [1.807, 2.05) is 4.90 Å². The number of carbonyl (C=O) groups is 1. The Kier molecular flexibility index (Phi) is 5.23. The van der Waals surface area contributed by atoms with Crippen LogP contribution in [0.5, 0.6) is 0 Å². The Hall–Kier alpha value is -0.850. The van der Waals surface area contributed by atoms with E-state index in [9.17, 15) is 15.0 Å². The Bertz CT molecular complexity index is 489. The molecule has 0 spiro atoms. The van der Waals surface area contributed by atoms with Crippen LogP contribution in [0.4, 0.5) is 5.69 Å². The molecule has 0 aromatic heterocycles. The van der Waals surface area contributed by atoms with Crippen LogP contribution in [0.15, 0.2) is 18.2 Å². The van der Waals surface area contributed by atoms with Gasteiger partial charge in [-0.05, 0) is 18.2 Å². The van der Waals surface area contributed by atoms with Gasteiger partial charge in [0.15, 0.2) is 0 Å². The van der Waals surface area contributed by atoms with Crippen LogP contribution in [0.2, 0.25) is 10.0 Å². The standard InChI is InChI=1S/C13H16Cl2N2O3/c14-8-1-2-9(15)10(5-8)16-13(20)3-4-17-6-11(18)12(19)7-17/h1-2,5,11-12,18-19H,3-4,6-7H2,(H,16,20). The van der Waals surface area contributed by atoms with E-state index in [0.717, 1.165) is 0 Å². The largest absolute Gasteiger partial charge is 0.389 e. The van der Waals surface area contributed by atoms with Crippen LogP contribution in [-0.4, -0.2) is 52.9 Å². The molecule has 2 unspecified atom stereocenters. The van der Waals surface area contributed by atoms with Crippen molar-refractivity contribution in [3.05, 3.63) is 28.2 Å². The van der Waals surface area contributed by atoms with Gasteiger partial charge in [-0.1, -0.05) is 23.2 Å². The first-order valence-electron chi connectivity index (χ1n) is 6.29. The molecular formula is C13H16Cl2N2O3. The van der Waals surface area contributed by atoms with Crippen molar-refractivity contribution in [1.82, 2.24) is 4.90 Å². The smallest absolute Gasteiger partial charge is 0.225 e. The fourth-order valence-corrected chi connectivity index (χ4v) is 2.43. The van der Waals surface area contributed by atoms with E-state index >= 15 is 0 Å². The number of rotatable bonds is 4. The highest BCUT2D eigenvalue weighted by Gasteiger charge is 2.29. The quantitative estimate of drug-likeness (QED) is 0.783. The van der Waals surface area contributed by atoms with Crippen molar-refractivity contribution in [1.29, 1.82) is 0 Å². The topological polar surface area (TPSA) is 72.8 Å². The number of halogens is 2. The van der Waals surface area contributed by atoms with Gasteiger partial charge in [-0.2, -0.15) is 0 Å². The number of hydrogen-bond donors (Lipinski definition) is 3. The maximum Gasteiger partial charge on any atom is 0.225 e. The minimum absolute atomic E-state index is 0.190. The lowest BCUT2D eigenvalue weighted by atomic mass is 10.3. The number of likely N-dealkylation sites (tertiary alicyclic amines) is 1. The number of amides is 1. The molecule has 0 radical (unpaired) electrons. The maximum atomic E-state index is 11.8. The van der Waals surface area contributed by atoms with Crippen molar-refractivity contribution in [2.45, 2.75) is 18.6 Å². The summed E-state index contributed by atoms with van der Waals surface area (Å²) in [5.74, 6) is -0.190. The zero-order chi connectivity index (χ0) is 14.7. The van der Waals surface area contributed by atoms with E-state index < -0.39 is 12.2 Å². The van der Waals surface area contributed by atoms with Gasteiger partial charge in [-0.3, -0.25) is 9.69 Å². The van der Waals surface area contributed by atoms with E-state index in [1.54, 1.807) is 18.2 Å². The van der Waals surface area contributed by atoms with E-state index in [4.69, 9.17) is 23.2 Å². The molecule has 7 heteroatoms. The van der Waals surface area contributed by atoms with Crippen molar-refractivity contribution >= 4 is 34.8 Å².